The molecule has 2 heterocycles. The Morgan fingerprint density at radius 1 is 1.05 bits per heavy atom. The van der Waals surface area contributed by atoms with Crippen molar-refractivity contribution in [2.24, 2.45) is 0 Å². The summed E-state index contributed by atoms with van der Waals surface area (Å²) < 4.78 is 5.49. The first kappa shape index (κ1) is 12.3. The maximum atomic E-state index is 5.49. The van der Waals surface area contributed by atoms with Crippen molar-refractivity contribution in [3.63, 3.8) is 0 Å². The summed E-state index contributed by atoms with van der Waals surface area (Å²) in [4.78, 5) is 4.01. The van der Waals surface area contributed by atoms with Gasteiger partial charge in [0.05, 0.1) is 5.56 Å². The van der Waals surface area contributed by atoms with Crippen molar-refractivity contribution in [2.75, 3.05) is 5.32 Å². The largest absolute Gasteiger partial charge is 0.421 e. The summed E-state index contributed by atoms with van der Waals surface area (Å²) in [6, 6.07) is 11.8. The highest BCUT2D eigenvalue weighted by atomic mass is 16.4. The van der Waals surface area contributed by atoms with E-state index < -0.39 is 0 Å². The van der Waals surface area contributed by atoms with Gasteiger partial charge in [-0.25, -0.2) is 0 Å². The van der Waals surface area contributed by atoms with Crippen molar-refractivity contribution < 1.29 is 4.42 Å². The summed E-state index contributed by atoms with van der Waals surface area (Å²) in [6.45, 7) is 2.50. The second-order valence-electron chi connectivity index (χ2n) is 4.38. The predicted octanol–water partition coefficient (Wildman–Crippen LogP) is 3.05. The van der Waals surface area contributed by atoms with Crippen LogP contribution in [0.5, 0.6) is 0 Å². The first-order chi connectivity index (χ1) is 9.83. The molecule has 0 unspecified atom stereocenters. The molecule has 0 aliphatic rings. The molecule has 0 atom stereocenters. The lowest BCUT2D eigenvalue weighted by Gasteiger charge is -2.09. The molecule has 0 saturated heterocycles. The molecule has 3 rings (SSSR count). The van der Waals surface area contributed by atoms with E-state index >= 15 is 0 Å². The van der Waals surface area contributed by atoms with Gasteiger partial charge in [-0.2, -0.15) is 0 Å². The van der Waals surface area contributed by atoms with Gasteiger partial charge in [-0.1, -0.05) is 12.1 Å². The zero-order chi connectivity index (χ0) is 13.8. The second kappa shape index (κ2) is 5.52. The third-order valence-electron chi connectivity index (χ3n) is 2.92. The van der Waals surface area contributed by atoms with Gasteiger partial charge in [0.15, 0.2) is 0 Å². The first-order valence-corrected chi connectivity index (χ1v) is 6.35. The van der Waals surface area contributed by atoms with E-state index in [0.29, 0.717) is 18.3 Å². The molecule has 1 N–H and O–H groups in total. The lowest BCUT2D eigenvalue weighted by Crippen LogP contribution is -2.00. The van der Waals surface area contributed by atoms with E-state index in [0.717, 1.165) is 16.8 Å². The summed E-state index contributed by atoms with van der Waals surface area (Å²) in [5.74, 6) is 1.09. The van der Waals surface area contributed by atoms with Crippen LogP contribution >= 0.6 is 0 Å². The van der Waals surface area contributed by atoms with E-state index in [4.69, 9.17) is 4.42 Å². The zero-order valence-corrected chi connectivity index (χ0v) is 11.1. The third-order valence-corrected chi connectivity index (χ3v) is 2.92. The Hall–Kier alpha value is -2.69. The molecule has 1 aromatic carbocycles. The number of aromatic nitrogens is 3. The molecule has 0 spiro atoms. The monoisotopic (exact) mass is 266 g/mol. The average molecular weight is 266 g/mol. The van der Waals surface area contributed by atoms with Crippen molar-refractivity contribution in [1.29, 1.82) is 0 Å². The highest BCUT2D eigenvalue weighted by Gasteiger charge is 2.10. The number of hydrogen-bond acceptors (Lipinski definition) is 5. The van der Waals surface area contributed by atoms with Gasteiger partial charge >= 0.3 is 0 Å². The van der Waals surface area contributed by atoms with Crippen LogP contribution in [-0.4, -0.2) is 15.2 Å². The number of hydrogen-bond donors (Lipinski definition) is 1. The van der Waals surface area contributed by atoms with E-state index in [9.17, 15) is 0 Å². The number of nitrogens with zero attached hydrogens (tertiary/aromatic N) is 3. The molecule has 0 fully saturated rings. The number of anilines is 1. The molecular formula is C15H14N4O. The van der Waals surface area contributed by atoms with E-state index in [1.165, 1.54) is 0 Å². The van der Waals surface area contributed by atoms with Gasteiger partial charge in [0.1, 0.15) is 0 Å². The van der Waals surface area contributed by atoms with Crippen LogP contribution in [0.25, 0.3) is 11.5 Å². The van der Waals surface area contributed by atoms with E-state index in [2.05, 4.69) is 20.5 Å². The molecule has 5 heteroatoms. The molecule has 0 amide bonds. The van der Waals surface area contributed by atoms with Crippen LogP contribution in [0.4, 0.5) is 5.69 Å². The smallest absolute Gasteiger partial charge is 0.249 e. The molecule has 0 aliphatic heterocycles. The summed E-state index contributed by atoms with van der Waals surface area (Å²) >= 11 is 0. The van der Waals surface area contributed by atoms with Crippen LogP contribution < -0.4 is 5.32 Å². The van der Waals surface area contributed by atoms with Crippen molar-refractivity contribution in [1.82, 2.24) is 15.2 Å². The molecule has 20 heavy (non-hydrogen) atoms. The Morgan fingerprint density at radius 2 is 1.85 bits per heavy atom. The molecule has 3 aromatic rings. The van der Waals surface area contributed by atoms with Crippen LogP contribution in [-0.2, 0) is 6.54 Å². The highest BCUT2D eigenvalue weighted by Crippen LogP contribution is 2.26. The van der Waals surface area contributed by atoms with Crippen LogP contribution in [0, 0.1) is 6.92 Å². The lowest BCUT2D eigenvalue weighted by atomic mass is 10.1. The molecule has 2 aromatic heterocycles. The summed E-state index contributed by atoms with van der Waals surface area (Å²) in [5.41, 5.74) is 3.03. The molecule has 0 bridgehead atoms. The van der Waals surface area contributed by atoms with Crippen LogP contribution in [0.1, 0.15) is 11.5 Å². The number of para-hydroxylation sites is 1. The SMILES string of the molecule is Cc1nnc(-c2ccccc2NCc2ccncc2)o1. The Bertz CT molecular complexity index is 694. The third kappa shape index (κ3) is 2.66. The number of nitrogens with one attached hydrogen (secondary N) is 1. The van der Waals surface area contributed by atoms with Crippen LogP contribution in [0.15, 0.2) is 53.2 Å². The Kier molecular flexibility index (Phi) is 3.41. The van der Waals surface area contributed by atoms with Gasteiger partial charge in [-0.05, 0) is 29.8 Å². The predicted molar refractivity (Wildman–Crippen MR) is 76.0 cm³/mol. The minimum atomic E-state index is 0.528. The van der Waals surface area contributed by atoms with Gasteiger partial charge in [0, 0.05) is 31.5 Å². The second-order valence-corrected chi connectivity index (χ2v) is 4.38. The van der Waals surface area contributed by atoms with E-state index in [-0.39, 0.29) is 0 Å². The Morgan fingerprint density at radius 3 is 2.60 bits per heavy atom. The summed E-state index contributed by atoms with van der Waals surface area (Å²) in [5, 5.41) is 11.3. The molecular weight excluding hydrogens is 252 g/mol. The minimum Gasteiger partial charge on any atom is -0.421 e. The standard InChI is InChI=1S/C15H14N4O/c1-11-18-19-15(20-11)13-4-2-3-5-14(13)17-10-12-6-8-16-9-7-12/h2-9,17H,10H2,1H3. The van der Waals surface area contributed by atoms with Gasteiger partial charge < -0.3 is 9.73 Å². The van der Waals surface area contributed by atoms with E-state index in [1.807, 2.05) is 36.4 Å². The average Bonchev–Trinajstić information content (AvgIpc) is 2.93. The van der Waals surface area contributed by atoms with Crippen molar-refractivity contribution in [3.8, 4) is 11.5 Å². The fraction of sp³-hybridized carbons (Fsp3) is 0.133. The van der Waals surface area contributed by atoms with Crippen molar-refractivity contribution >= 4 is 5.69 Å². The summed E-state index contributed by atoms with van der Waals surface area (Å²) in [7, 11) is 0. The quantitative estimate of drug-likeness (QED) is 0.786. The van der Waals surface area contributed by atoms with Gasteiger partial charge in [-0.15, -0.1) is 10.2 Å². The highest BCUT2D eigenvalue weighted by molar-refractivity contribution is 5.72. The van der Waals surface area contributed by atoms with Crippen LogP contribution in [0.3, 0.4) is 0 Å². The molecule has 0 saturated carbocycles. The van der Waals surface area contributed by atoms with Gasteiger partial charge in [-0.3, -0.25) is 4.98 Å². The molecule has 0 radical (unpaired) electrons. The summed E-state index contributed by atoms with van der Waals surface area (Å²) in [6.07, 6.45) is 3.56. The number of rotatable bonds is 4. The van der Waals surface area contributed by atoms with Crippen LogP contribution in [0.2, 0.25) is 0 Å². The van der Waals surface area contributed by atoms with Crippen molar-refractivity contribution in [3.05, 3.63) is 60.2 Å². The molecule has 100 valence electrons. The Balaban J connectivity index is 1.83. The molecule has 5 nitrogen and oxygen atoms in total. The maximum absolute atomic E-state index is 5.49. The topological polar surface area (TPSA) is 63.8 Å². The Labute approximate surface area is 116 Å². The zero-order valence-electron chi connectivity index (χ0n) is 11.1. The fourth-order valence-corrected chi connectivity index (χ4v) is 1.93. The van der Waals surface area contributed by atoms with E-state index in [1.54, 1.807) is 19.3 Å². The van der Waals surface area contributed by atoms with Gasteiger partial charge in [0.2, 0.25) is 11.8 Å². The minimum absolute atomic E-state index is 0.528. The first-order valence-electron chi connectivity index (χ1n) is 6.35. The number of pyridine rings is 1. The van der Waals surface area contributed by atoms with Crippen molar-refractivity contribution in [2.45, 2.75) is 13.5 Å². The number of benzene rings is 1. The fourth-order valence-electron chi connectivity index (χ4n) is 1.93. The lowest BCUT2D eigenvalue weighted by molar-refractivity contribution is 0.533. The number of aryl methyl sites for hydroxylation is 1. The maximum Gasteiger partial charge on any atom is 0.249 e. The molecule has 0 aliphatic carbocycles. The normalized spacial score (nSPS) is 10.4. The van der Waals surface area contributed by atoms with Gasteiger partial charge in [0.25, 0.3) is 0 Å².